The van der Waals surface area contributed by atoms with Crippen LogP contribution >= 0.6 is 0 Å². The molecule has 2 aromatic carbocycles. The van der Waals surface area contributed by atoms with Crippen LogP contribution in [-0.4, -0.2) is 22.2 Å². The van der Waals surface area contributed by atoms with E-state index in [1.807, 2.05) is 60.7 Å². The average molecular weight is 346 g/mol. The Bertz CT molecular complexity index is 888. The second-order valence-corrected chi connectivity index (χ2v) is 6.79. The third kappa shape index (κ3) is 2.73. The van der Waals surface area contributed by atoms with Gasteiger partial charge in [0.15, 0.2) is 0 Å². The molecule has 0 saturated carbocycles. The van der Waals surface area contributed by atoms with Gasteiger partial charge in [-0.15, -0.1) is 0 Å². The van der Waals surface area contributed by atoms with Crippen LogP contribution in [0.3, 0.4) is 0 Å². The molecular weight excluding hydrogens is 328 g/mol. The molecule has 0 spiro atoms. The first-order valence-electron chi connectivity index (χ1n) is 8.59. The van der Waals surface area contributed by atoms with Gasteiger partial charge < -0.3 is 10.2 Å². The summed E-state index contributed by atoms with van der Waals surface area (Å²) in [5.74, 6) is -3.31. The van der Waals surface area contributed by atoms with Gasteiger partial charge in [-0.3, -0.25) is 9.59 Å². The van der Waals surface area contributed by atoms with E-state index in [4.69, 9.17) is 0 Å². The van der Waals surface area contributed by atoms with Crippen molar-refractivity contribution < 1.29 is 19.8 Å². The number of hydrogen-bond donors (Lipinski definition) is 2. The van der Waals surface area contributed by atoms with E-state index in [0.29, 0.717) is 24.0 Å². The molecule has 2 N–H and O–H groups in total. The van der Waals surface area contributed by atoms with Gasteiger partial charge in [0.25, 0.3) is 0 Å². The Morgan fingerprint density at radius 3 is 1.46 bits per heavy atom. The van der Waals surface area contributed by atoms with Crippen LogP contribution in [0.15, 0.2) is 59.7 Å². The second-order valence-electron chi connectivity index (χ2n) is 6.79. The molecule has 4 rings (SSSR count). The fourth-order valence-corrected chi connectivity index (χ4v) is 3.93. The standard InChI is InChI=1S/C22H18O4/c23-21(24)19-11-15-7-3-1-5-13(15)9-17(19)18-10-14-6-2-4-8-16(14)12-20(18)22(25)26/h1-10,19-20H,11-12H2,(H,23,24)(H,25,26)/t19-,20-/m1/s1. The maximum atomic E-state index is 11.9. The Hall–Kier alpha value is -3.14. The van der Waals surface area contributed by atoms with Crippen LogP contribution in [0.25, 0.3) is 12.2 Å². The lowest BCUT2D eigenvalue weighted by molar-refractivity contribution is -0.142. The van der Waals surface area contributed by atoms with Crippen molar-refractivity contribution in [2.45, 2.75) is 12.8 Å². The minimum Gasteiger partial charge on any atom is -0.481 e. The molecule has 4 heteroatoms. The summed E-state index contributed by atoms with van der Waals surface area (Å²) in [5, 5.41) is 19.5. The highest BCUT2D eigenvalue weighted by Gasteiger charge is 2.36. The summed E-state index contributed by atoms with van der Waals surface area (Å²) in [4.78, 5) is 23.8. The minimum absolute atomic E-state index is 0.378. The summed E-state index contributed by atoms with van der Waals surface area (Å²) in [6.45, 7) is 0. The smallest absolute Gasteiger partial charge is 0.311 e. The molecular formula is C22H18O4. The van der Waals surface area contributed by atoms with Crippen LogP contribution in [0.1, 0.15) is 22.3 Å². The number of aliphatic carboxylic acids is 2. The molecule has 130 valence electrons. The summed E-state index contributed by atoms with van der Waals surface area (Å²) >= 11 is 0. The van der Waals surface area contributed by atoms with Crippen molar-refractivity contribution in [1.29, 1.82) is 0 Å². The molecule has 2 aliphatic carbocycles. The molecule has 0 fully saturated rings. The first kappa shape index (κ1) is 16.3. The van der Waals surface area contributed by atoms with Crippen molar-refractivity contribution in [2.24, 2.45) is 11.8 Å². The molecule has 2 aliphatic rings. The van der Waals surface area contributed by atoms with Crippen LogP contribution in [0.4, 0.5) is 0 Å². The summed E-state index contributed by atoms with van der Waals surface area (Å²) < 4.78 is 0. The van der Waals surface area contributed by atoms with Crippen LogP contribution in [0.2, 0.25) is 0 Å². The van der Waals surface area contributed by atoms with Crippen molar-refractivity contribution in [3.63, 3.8) is 0 Å². The zero-order chi connectivity index (χ0) is 18.3. The molecule has 0 heterocycles. The zero-order valence-electron chi connectivity index (χ0n) is 14.1. The van der Waals surface area contributed by atoms with Crippen molar-refractivity contribution in [3.05, 3.63) is 81.9 Å². The van der Waals surface area contributed by atoms with Gasteiger partial charge in [-0.25, -0.2) is 0 Å². The molecule has 0 radical (unpaired) electrons. The van der Waals surface area contributed by atoms with E-state index in [0.717, 1.165) is 22.3 Å². The molecule has 2 aromatic rings. The zero-order valence-corrected chi connectivity index (χ0v) is 14.1. The van der Waals surface area contributed by atoms with Crippen molar-refractivity contribution in [2.75, 3.05) is 0 Å². The number of rotatable bonds is 3. The predicted molar refractivity (Wildman–Crippen MR) is 98.5 cm³/mol. The maximum Gasteiger partial charge on any atom is 0.311 e. The minimum atomic E-state index is -0.922. The van der Waals surface area contributed by atoms with Gasteiger partial charge in [0.05, 0.1) is 11.8 Å². The Balaban J connectivity index is 1.90. The van der Waals surface area contributed by atoms with E-state index >= 15 is 0 Å². The van der Waals surface area contributed by atoms with Crippen molar-refractivity contribution in [3.8, 4) is 0 Å². The first-order valence-corrected chi connectivity index (χ1v) is 8.59. The monoisotopic (exact) mass is 346 g/mol. The molecule has 26 heavy (non-hydrogen) atoms. The lowest BCUT2D eigenvalue weighted by Gasteiger charge is -2.30. The second kappa shape index (κ2) is 6.30. The largest absolute Gasteiger partial charge is 0.481 e. The third-order valence-electron chi connectivity index (χ3n) is 5.26. The van der Waals surface area contributed by atoms with E-state index in [2.05, 4.69) is 0 Å². The SMILES string of the molecule is O=C(O)[C@@H]1Cc2ccccc2C=C1C1=Cc2ccccc2C[C@H]1C(=O)O. The van der Waals surface area contributed by atoms with E-state index in [9.17, 15) is 19.8 Å². The Morgan fingerprint density at radius 2 is 1.08 bits per heavy atom. The van der Waals surface area contributed by atoms with E-state index in [1.165, 1.54) is 0 Å². The van der Waals surface area contributed by atoms with Crippen molar-refractivity contribution >= 4 is 24.1 Å². The van der Waals surface area contributed by atoms with Gasteiger partial charge >= 0.3 is 11.9 Å². The molecule has 0 amide bonds. The number of benzene rings is 2. The fraction of sp³-hybridized carbons (Fsp3) is 0.182. The number of carboxylic acids is 2. The molecule has 0 bridgehead atoms. The van der Waals surface area contributed by atoms with Crippen LogP contribution in [-0.2, 0) is 22.4 Å². The Morgan fingerprint density at radius 1 is 0.692 bits per heavy atom. The van der Waals surface area contributed by atoms with Gasteiger partial charge in [-0.2, -0.15) is 0 Å². The highest BCUT2D eigenvalue weighted by molar-refractivity contribution is 5.88. The highest BCUT2D eigenvalue weighted by Crippen LogP contribution is 2.40. The molecule has 0 aliphatic heterocycles. The highest BCUT2D eigenvalue weighted by atomic mass is 16.4. The van der Waals surface area contributed by atoms with Gasteiger partial charge in [-0.05, 0) is 46.2 Å². The van der Waals surface area contributed by atoms with Crippen LogP contribution < -0.4 is 0 Å². The van der Waals surface area contributed by atoms with E-state index in [1.54, 1.807) is 0 Å². The summed E-state index contributed by atoms with van der Waals surface area (Å²) in [7, 11) is 0. The van der Waals surface area contributed by atoms with Gasteiger partial charge in [-0.1, -0.05) is 60.7 Å². The summed E-state index contributed by atoms with van der Waals surface area (Å²) in [6, 6.07) is 15.4. The fourth-order valence-electron chi connectivity index (χ4n) is 3.93. The molecule has 0 aromatic heterocycles. The van der Waals surface area contributed by atoms with Gasteiger partial charge in [0.1, 0.15) is 0 Å². The normalized spacial score (nSPS) is 21.1. The van der Waals surface area contributed by atoms with Crippen LogP contribution in [0, 0.1) is 11.8 Å². The topological polar surface area (TPSA) is 74.6 Å². The van der Waals surface area contributed by atoms with Gasteiger partial charge in [0.2, 0.25) is 0 Å². The number of carboxylic acid groups (broad SMARTS) is 2. The number of fused-ring (bicyclic) bond motifs is 2. The predicted octanol–water partition coefficient (Wildman–Crippen LogP) is 3.67. The summed E-state index contributed by atoms with van der Waals surface area (Å²) in [5.41, 5.74) is 5.10. The number of hydrogen-bond acceptors (Lipinski definition) is 2. The van der Waals surface area contributed by atoms with Crippen LogP contribution in [0.5, 0.6) is 0 Å². The van der Waals surface area contributed by atoms with E-state index < -0.39 is 23.8 Å². The molecule has 0 unspecified atom stereocenters. The molecule has 0 saturated heterocycles. The summed E-state index contributed by atoms with van der Waals surface area (Å²) in [6.07, 6.45) is 4.46. The van der Waals surface area contributed by atoms with Gasteiger partial charge in [0, 0.05) is 0 Å². The molecule has 4 nitrogen and oxygen atoms in total. The third-order valence-corrected chi connectivity index (χ3v) is 5.26. The van der Waals surface area contributed by atoms with Crippen molar-refractivity contribution in [1.82, 2.24) is 0 Å². The number of carbonyl (C=O) groups is 2. The Labute approximate surface area is 151 Å². The first-order chi connectivity index (χ1) is 12.5. The quantitative estimate of drug-likeness (QED) is 0.889. The maximum absolute atomic E-state index is 11.9. The Kier molecular flexibility index (Phi) is 3.96. The lowest BCUT2D eigenvalue weighted by atomic mass is 9.73. The lowest BCUT2D eigenvalue weighted by Crippen LogP contribution is -2.29. The molecule has 2 atom stereocenters. The van der Waals surface area contributed by atoms with E-state index in [-0.39, 0.29) is 0 Å². The average Bonchev–Trinajstić information content (AvgIpc) is 2.65.